The van der Waals surface area contributed by atoms with E-state index in [0.29, 0.717) is 11.5 Å². The molecule has 0 atom stereocenters. The van der Waals surface area contributed by atoms with Crippen molar-refractivity contribution in [1.29, 1.82) is 0 Å². The van der Waals surface area contributed by atoms with Gasteiger partial charge in [0.15, 0.2) is 11.5 Å². The van der Waals surface area contributed by atoms with E-state index >= 15 is 0 Å². The number of amides is 1. The molecule has 0 saturated carbocycles. The zero-order valence-corrected chi connectivity index (χ0v) is 11.4. The van der Waals surface area contributed by atoms with E-state index in [2.05, 4.69) is 0 Å². The number of alkyl halides is 2. The van der Waals surface area contributed by atoms with E-state index < -0.39 is 12.3 Å². The van der Waals surface area contributed by atoms with E-state index in [0.717, 1.165) is 5.56 Å². The Balaban J connectivity index is 1.95. The number of carbonyl (C=O) groups excluding carboxylic acids is 1. The summed E-state index contributed by atoms with van der Waals surface area (Å²) in [5.74, 6) is 0.316. The maximum absolute atomic E-state index is 12.4. The Kier molecular flexibility index (Phi) is 4.42. The number of carbonyl (C=O) groups is 1. The maximum Gasteiger partial charge on any atom is 0.244 e. The summed E-state index contributed by atoms with van der Waals surface area (Å²) >= 11 is 0. The average molecular weight is 285 g/mol. The predicted molar refractivity (Wildman–Crippen MR) is 69.3 cm³/mol. The zero-order chi connectivity index (χ0) is 14.7. The normalized spacial score (nSPS) is 15.2. The summed E-state index contributed by atoms with van der Waals surface area (Å²) in [5.41, 5.74) is 0.771. The molecule has 0 bridgehead atoms. The molecule has 1 amide bonds. The van der Waals surface area contributed by atoms with Crippen molar-refractivity contribution >= 4 is 5.91 Å². The summed E-state index contributed by atoms with van der Waals surface area (Å²) < 4.78 is 35.0. The van der Waals surface area contributed by atoms with E-state index in [-0.39, 0.29) is 25.4 Å². The number of benzene rings is 1. The second-order valence-corrected chi connectivity index (χ2v) is 4.76. The van der Waals surface area contributed by atoms with Crippen molar-refractivity contribution in [2.45, 2.75) is 12.8 Å². The molecule has 110 valence electrons. The number of nitrogens with zero attached hydrogens (tertiary/aromatic N) is 1. The van der Waals surface area contributed by atoms with E-state index in [4.69, 9.17) is 9.47 Å². The number of halogens is 2. The lowest BCUT2D eigenvalue weighted by Gasteiger charge is -2.38. The summed E-state index contributed by atoms with van der Waals surface area (Å²) in [6, 6.07) is 5.21. The van der Waals surface area contributed by atoms with Crippen molar-refractivity contribution in [1.82, 2.24) is 4.90 Å². The van der Waals surface area contributed by atoms with Crippen molar-refractivity contribution in [2.24, 2.45) is 5.92 Å². The highest BCUT2D eigenvalue weighted by Crippen LogP contribution is 2.28. The first-order chi connectivity index (χ1) is 9.55. The molecule has 0 unspecified atom stereocenters. The Morgan fingerprint density at radius 3 is 2.50 bits per heavy atom. The van der Waals surface area contributed by atoms with Gasteiger partial charge in [-0.2, -0.15) is 0 Å². The lowest BCUT2D eigenvalue weighted by Crippen LogP contribution is -2.53. The smallest absolute Gasteiger partial charge is 0.244 e. The largest absolute Gasteiger partial charge is 0.493 e. The van der Waals surface area contributed by atoms with Crippen molar-refractivity contribution < 1.29 is 23.0 Å². The number of hydrogen-bond donors (Lipinski definition) is 0. The summed E-state index contributed by atoms with van der Waals surface area (Å²) in [4.78, 5) is 13.4. The van der Waals surface area contributed by atoms with Crippen molar-refractivity contribution in [2.75, 3.05) is 27.3 Å². The van der Waals surface area contributed by atoms with Gasteiger partial charge in [-0.25, -0.2) is 8.78 Å². The molecule has 20 heavy (non-hydrogen) atoms. The lowest BCUT2D eigenvalue weighted by molar-refractivity contribution is -0.140. The summed E-state index contributed by atoms with van der Waals surface area (Å²) in [6.45, 7) is 0.285. The van der Waals surface area contributed by atoms with Crippen LogP contribution in [0.25, 0.3) is 0 Å². The van der Waals surface area contributed by atoms with E-state index in [1.54, 1.807) is 18.2 Å². The Bertz CT molecular complexity index is 487. The molecule has 6 heteroatoms. The minimum atomic E-state index is -2.35. The first-order valence-electron chi connectivity index (χ1n) is 6.32. The van der Waals surface area contributed by atoms with Gasteiger partial charge in [-0.15, -0.1) is 0 Å². The summed E-state index contributed by atoms with van der Waals surface area (Å²) in [6.07, 6.45) is -2.17. The van der Waals surface area contributed by atoms with E-state index in [1.807, 2.05) is 0 Å². The van der Waals surface area contributed by atoms with Crippen LogP contribution in [0.2, 0.25) is 0 Å². The minimum Gasteiger partial charge on any atom is -0.493 e. The molecular weight excluding hydrogens is 268 g/mol. The Morgan fingerprint density at radius 2 is 1.95 bits per heavy atom. The van der Waals surface area contributed by atoms with Crippen LogP contribution in [0, 0.1) is 5.92 Å². The lowest BCUT2D eigenvalue weighted by atomic mass is 9.99. The molecule has 2 rings (SSSR count). The second kappa shape index (κ2) is 6.07. The number of hydrogen-bond acceptors (Lipinski definition) is 3. The van der Waals surface area contributed by atoms with Crippen LogP contribution in [-0.2, 0) is 11.2 Å². The highest BCUT2D eigenvalue weighted by Gasteiger charge is 2.36. The van der Waals surface area contributed by atoms with Gasteiger partial charge in [0, 0.05) is 13.1 Å². The van der Waals surface area contributed by atoms with Gasteiger partial charge >= 0.3 is 0 Å². The van der Waals surface area contributed by atoms with Gasteiger partial charge in [-0.3, -0.25) is 4.79 Å². The molecule has 1 aromatic rings. The number of rotatable bonds is 5. The van der Waals surface area contributed by atoms with Crippen LogP contribution < -0.4 is 9.47 Å². The number of likely N-dealkylation sites (tertiary alicyclic amines) is 1. The molecule has 1 aliphatic rings. The summed E-state index contributed by atoms with van der Waals surface area (Å²) in [7, 11) is 3.05. The number of ether oxygens (including phenoxy) is 2. The molecule has 1 saturated heterocycles. The van der Waals surface area contributed by atoms with Crippen molar-refractivity contribution in [3.05, 3.63) is 23.8 Å². The van der Waals surface area contributed by atoms with Crippen LogP contribution in [0.1, 0.15) is 5.56 Å². The minimum absolute atomic E-state index is 0.143. The quantitative estimate of drug-likeness (QED) is 0.830. The van der Waals surface area contributed by atoms with Crippen LogP contribution >= 0.6 is 0 Å². The van der Waals surface area contributed by atoms with Crippen LogP contribution in [0.3, 0.4) is 0 Å². The third-order valence-corrected chi connectivity index (χ3v) is 3.42. The van der Waals surface area contributed by atoms with Crippen LogP contribution in [-0.4, -0.2) is 44.5 Å². The van der Waals surface area contributed by atoms with Crippen molar-refractivity contribution in [3.8, 4) is 11.5 Å². The molecule has 1 aromatic carbocycles. The van der Waals surface area contributed by atoms with Gasteiger partial charge in [0.2, 0.25) is 12.3 Å². The molecule has 1 aliphatic heterocycles. The topological polar surface area (TPSA) is 38.8 Å². The first-order valence-corrected chi connectivity index (χ1v) is 6.32. The van der Waals surface area contributed by atoms with Gasteiger partial charge in [0.1, 0.15) is 0 Å². The zero-order valence-electron chi connectivity index (χ0n) is 11.4. The Morgan fingerprint density at radius 1 is 1.30 bits per heavy atom. The molecular formula is C14H17F2NO3. The number of methoxy groups -OCH3 is 2. The van der Waals surface area contributed by atoms with Crippen LogP contribution in [0.5, 0.6) is 11.5 Å². The fourth-order valence-electron chi connectivity index (χ4n) is 2.15. The maximum atomic E-state index is 12.4. The highest BCUT2D eigenvalue weighted by molar-refractivity contribution is 5.79. The molecule has 1 fully saturated rings. The molecule has 0 spiro atoms. The molecule has 0 aliphatic carbocycles. The monoisotopic (exact) mass is 285 g/mol. The fourth-order valence-corrected chi connectivity index (χ4v) is 2.15. The molecule has 0 radical (unpaired) electrons. The molecule has 0 N–H and O–H groups in total. The van der Waals surface area contributed by atoms with Gasteiger partial charge in [-0.05, 0) is 17.7 Å². The average Bonchev–Trinajstić information content (AvgIpc) is 2.36. The van der Waals surface area contributed by atoms with Crippen molar-refractivity contribution in [3.63, 3.8) is 0 Å². The predicted octanol–water partition coefficient (Wildman–Crippen LogP) is 1.97. The third-order valence-electron chi connectivity index (χ3n) is 3.42. The highest BCUT2D eigenvalue weighted by atomic mass is 19.3. The second-order valence-electron chi connectivity index (χ2n) is 4.76. The SMILES string of the molecule is COc1ccc(CC(=O)N2CC(C(F)F)C2)cc1OC. The molecule has 0 aromatic heterocycles. The van der Waals surface area contributed by atoms with Crippen LogP contribution in [0.4, 0.5) is 8.78 Å². The first kappa shape index (κ1) is 14.6. The standard InChI is InChI=1S/C14H17F2NO3/c1-19-11-4-3-9(5-12(11)20-2)6-13(18)17-7-10(8-17)14(15)16/h3-5,10,14H,6-8H2,1-2H3. The Labute approximate surface area is 116 Å². The fraction of sp³-hybridized carbons (Fsp3) is 0.500. The van der Waals surface area contributed by atoms with Gasteiger partial charge < -0.3 is 14.4 Å². The molecule has 1 heterocycles. The van der Waals surface area contributed by atoms with Gasteiger partial charge in [0.05, 0.1) is 26.6 Å². The van der Waals surface area contributed by atoms with E-state index in [9.17, 15) is 13.6 Å². The van der Waals surface area contributed by atoms with E-state index in [1.165, 1.54) is 19.1 Å². The van der Waals surface area contributed by atoms with Gasteiger partial charge in [0.25, 0.3) is 0 Å². The van der Waals surface area contributed by atoms with Gasteiger partial charge in [-0.1, -0.05) is 6.07 Å². The Hall–Kier alpha value is -1.85. The molecule has 4 nitrogen and oxygen atoms in total. The van der Waals surface area contributed by atoms with Crippen LogP contribution in [0.15, 0.2) is 18.2 Å². The third kappa shape index (κ3) is 3.00. The summed E-state index contributed by atoms with van der Waals surface area (Å²) in [5, 5.41) is 0.